The standard InChI is InChI=1S/C15H24N4O/c1-15(2,3)13(16)14(20)18-11-6-7-12(17-10-11)19-8-4-5-9-19/h6-7,10,13H,4-5,8-9,16H2,1-3H3,(H,18,20). The zero-order valence-corrected chi connectivity index (χ0v) is 12.5. The number of hydrogen-bond acceptors (Lipinski definition) is 4. The molecule has 1 aliphatic heterocycles. The number of nitrogens with two attached hydrogens (primary N) is 1. The van der Waals surface area contributed by atoms with Crippen molar-refractivity contribution in [3.05, 3.63) is 18.3 Å². The minimum Gasteiger partial charge on any atom is -0.357 e. The zero-order chi connectivity index (χ0) is 14.8. The quantitative estimate of drug-likeness (QED) is 0.885. The molecule has 20 heavy (non-hydrogen) atoms. The highest BCUT2D eigenvalue weighted by atomic mass is 16.2. The van der Waals surface area contributed by atoms with Gasteiger partial charge in [0.05, 0.1) is 17.9 Å². The fraction of sp³-hybridized carbons (Fsp3) is 0.600. The van der Waals surface area contributed by atoms with Gasteiger partial charge in [-0.15, -0.1) is 0 Å². The molecule has 1 unspecified atom stereocenters. The van der Waals surface area contributed by atoms with E-state index in [9.17, 15) is 4.79 Å². The molecule has 2 heterocycles. The Morgan fingerprint density at radius 1 is 1.35 bits per heavy atom. The average Bonchev–Trinajstić information content (AvgIpc) is 2.91. The molecule has 2 rings (SSSR count). The van der Waals surface area contributed by atoms with Gasteiger partial charge in [0, 0.05) is 13.1 Å². The number of rotatable bonds is 3. The monoisotopic (exact) mass is 276 g/mol. The van der Waals surface area contributed by atoms with Crippen molar-refractivity contribution in [1.82, 2.24) is 4.98 Å². The molecule has 0 aromatic carbocycles. The van der Waals surface area contributed by atoms with E-state index in [1.807, 2.05) is 32.9 Å². The number of aromatic nitrogens is 1. The van der Waals surface area contributed by atoms with Crippen LogP contribution in [0.15, 0.2) is 18.3 Å². The Kier molecular flexibility index (Phi) is 4.28. The van der Waals surface area contributed by atoms with E-state index in [1.54, 1.807) is 6.20 Å². The van der Waals surface area contributed by atoms with Crippen LogP contribution in [0.4, 0.5) is 11.5 Å². The first kappa shape index (κ1) is 14.8. The molecule has 0 aliphatic carbocycles. The van der Waals surface area contributed by atoms with E-state index in [-0.39, 0.29) is 11.3 Å². The first-order valence-corrected chi connectivity index (χ1v) is 7.15. The van der Waals surface area contributed by atoms with Crippen molar-refractivity contribution >= 4 is 17.4 Å². The lowest BCUT2D eigenvalue weighted by atomic mass is 9.87. The molecule has 1 amide bonds. The molecule has 1 saturated heterocycles. The Labute approximate surface area is 120 Å². The van der Waals surface area contributed by atoms with Gasteiger partial charge in [-0.25, -0.2) is 4.98 Å². The van der Waals surface area contributed by atoms with Crippen LogP contribution < -0.4 is 16.0 Å². The third kappa shape index (κ3) is 3.48. The molecule has 0 bridgehead atoms. The second-order valence-electron chi connectivity index (χ2n) is 6.43. The van der Waals surface area contributed by atoms with E-state index >= 15 is 0 Å². The summed E-state index contributed by atoms with van der Waals surface area (Å²) in [4.78, 5) is 18.7. The molecular formula is C15H24N4O. The molecule has 5 heteroatoms. The second kappa shape index (κ2) is 5.79. The minimum atomic E-state index is -0.541. The highest BCUT2D eigenvalue weighted by molar-refractivity contribution is 5.95. The molecular weight excluding hydrogens is 252 g/mol. The Balaban J connectivity index is 1.98. The molecule has 0 saturated carbocycles. The number of hydrogen-bond donors (Lipinski definition) is 2. The maximum absolute atomic E-state index is 12.0. The highest BCUT2D eigenvalue weighted by Gasteiger charge is 2.27. The summed E-state index contributed by atoms with van der Waals surface area (Å²) in [5.74, 6) is 0.800. The average molecular weight is 276 g/mol. The smallest absolute Gasteiger partial charge is 0.241 e. The van der Waals surface area contributed by atoms with Crippen molar-refractivity contribution in [2.45, 2.75) is 39.7 Å². The van der Waals surface area contributed by atoms with Crippen LogP contribution in [-0.2, 0) is 4.79 Å². The summed E-state index contributed by atoms with van der Waals surface area (Å²) in [5, 5.41) is 2.82. The maximum atomic E-state index is 12.0. The van der Waals surface area contributed by atoms with Crippen molar-refractivity contribution in [2.24, 2.45) is 11.1 Å². The molecule has 3 N–H and O–H groups in total. The van der Waals surface area contributed by atoms with Crippen LogP contribution in [0.3, 0.4) is 0 Å². The summed E-state index contributed by atoms with van der Waals surface area (Å²) >= 11 is 0. The predicted molar refractivity (Wildman–Crippen MR) is 81.7 cm³/mol. The minimum absolute atomic E-state index is 0.173. The van der Waals surface area contributed by atoms with Crippen molar-refractivity contribution in [2.75, 3.05) is 23.3 Å². The van der Waals surface area contributed by atoms with Gasteiger partial charge < -0.3 is 16.0 Å². The Morgan fingerprint density at radius 2 is 2.00 bits per heavy atom. The normalized spacial score (nSPS) is 17.1. The third-order valence-corrected chi connectivity index (χ3v) is 3.66. The summed E-state index contributed by atoms with van der Waals surface area (Å²) in [6.45, 7) is 7.98. The van der Waals surface area contributed by atoms with Gasteiger partial charge in [0.2, 0.25) is 5.91 Å². The van der Waals surface area contributed by atoms with Crippen LogP contribution in [0.1, 0.15) is 33.6 Å². The van der Waals surface area contributed by atoms with Gasteiger partial charge in [-0.3, -0.25) is 4.79 Å². The van der Waals surface area contributed by atoms with Crippen molar-refractivity contribution < 1.29 is 4.79 Å². The molecule has 1 atom stereocenters. The van der Waals surface area contributed by atoms with E-state index in [4.69, 9.17) is 5.73 Å². The Morgan fingerprint density at radius 3 is 2.50 bits per heavy atom. The fourth-order valence-electron chi connectivity index (χ4n) is 2.21. The number of carbonyl (C=O) groups excluding carboxylic acids is 1. The molecule has 110 valence electrons. The van der Waals surface area contributed by atoms with Crippen molar-refractivity contribution in [3.63, 3.8) is 0 Å². The van der Waals surface area contributed by atoms with Gasteiger partial charge in [-0.2, -0.15) is 0 Å². The van der Waals surface area contributed by atoms with Gasteiger partial charge >= 0.3 is 0 Å². The lowest BCUT2D eigenvalue weighted by molar-refractivity contribution is -0.119. The van der Waals surface area contributed by atoms with Gasteiger partial charge in [0.1, 0.15) is 5.82 Å². The Bertz CT molecular complexity index is 458. The van der Waals surface area contributed by atoms with Crippen LogP contribution in [0.5, 0.6) is 0 Å². The van der Waals surface area contributed by atoms with Gasteiger partial charge in [-0.1, -0.05) is 20.8 Å². The number of amides is 1. The van der Waals surface area contributed by atoms with Crippen LogP contribution in [-0.4, -0.2) is 30.0 Å². The zero-order valence-electron chi connectivity index (χ0n) is 12.5. The SMILES string of the molecule is CC(C)(C)C(N)C(=O)Nc1ccc(N2CCCC2)nc1. The fourth-order valence-corrected chi connectivity index (χ4v) is 2.21. The van der Waals surface area contributed by atoms with E-state index in [0.29, 0.717) is 5.69 Å². The molecule has 1 aliphatic rings. The number of nitrogens with one attached hydrogen (secondary N) is 1. The van der Waals surface area contributed by atoms with Gasteiger partial charge in [-0.05, 0) is 30.4 Å². The summed E-state index contributed by atoms with van der Waals surface area (Å²) in [7, 11) is 0. The summed E-state index contributed by atoms with van der Waals surface area (Å²) < 4.78 is 0. The molecule has 1 fully saturated rings. The second-order valence-corrected chi connectivity index (χ2v) is 6.43. The molecule has 0 radical (unpaired) electrons. The topological polar surface area (TPSA) is 71.2 Å². The third-order valence-electron chi connectivity index (χ3n) is 3.66. The lowest BCUT2D eigenvalue weighted by Crippen LogP contribution is -2.45. The largest absolute Gasteiger partial charge is 0.357 e. The molecule has 0 spiro atoms. The maximum Gasteiger partial charge on any atom is 0.241 e. The summed E-state index contributed by atoms with van der Waals surface area (Å²) in [5.41, 5.74) is 6.37. The van der Waals surface area contributed by atoms with E-state index in [2.05, 4.69) is 15.2 Å². The highest BCUT2D eigenvalue weighted by Crippen LogP contribution is 2.21. The van der Waals surface area contributed by atoms with Crippen LogP contribution in [0.2, 0.25) is 0 Å². The van der Waals surface area contributed by atoms with Gasteiger partial charge in [0.15, 0.2) is 0 Å². The number of anilines is 2. The van der Waals surface area contributed by atoms with Gasteiger partial charge in [0.25, 0.3) is 0 Å². The van der Waals surface area contributed by atoms with E-state index in [0.717, 1.165) is 18.9 Å². The predicted octanol–water partition coefficient (Wildman–Crippen LogP) is 1.99. The molecule has 1 aromatic heterocycles. The lowest BCUT2D eigenvalue weighted by Gasteiger charge is -2.25. The first-order chi connectivity index (χ1) is 9.38. The van der Waals surface area contributed by atoms with Crippen molar-refractivity contribution in [3.8, 4) is 0 Å². The van der Waals surface area contributed by atoms with Crippen LogP contribution in [0, 0.1) is 5.41 Å². The number of carbonyl (C=O) groups is 1. The number of nitrogens with zero attached hydrogens (tertiary/aromatic N) is 2. The molecule has 1 aromatic rings. The van der Waals surface area contributed by atoms with E-state index in [1.165, 1.54) is 12.8 Å². The van der Waals surface area contributed by atoms with Crippen molar-refractivity contribution in [1.29, 1.82) is 0 Å². The van der Waals surface area contributed by atoms with Crippen LogP contribution in [0.25, 0.3) is 0 Å². The van der Waals surface area contributed by atoms with Crippen LogP contribution >= 0.6 is 0 Å². The summed E-state index contributed by atoms with van der Waals surface area (Å²) in [6, 6.07) is 3.29. The Hall–Kier alpha value is -1.62. The first-order valence-electron chi connectivity index (χ1n) is 7.15. The van der Waals surface area contributed by atoms with E-state index < -0.39 is 6.04 Å². The summed E-state index contributed by atoms with van der Waals surface area (Å²) in [6.07, 6.45) is 4.14. The number of pyridine rings is 1. The molecule has 5 nitrogen and oxygen atoms in total.